The molecule has 0 saturated heterocycles. The Morgan fingerprint density at radius 1 is 1.25 bits per heavy atom. The molecule has 1 atom stereocenters. The maximum absolute atomic E-state index is 11.1. The van der Waals surface area contributed by atoms with E-state index in [4.69, 9.17) is 26.2 Å². The summed E-state index contributed by atoms with van der Waals surface area (Å²) in [6.45, 7) is 0.0297. The fourth-order valence-corrected chi connectivity index (χ4v) is 3.75. The fraction of sp³-hybridized carbons (Fsp3) is 0.130. The van der Waals surface area contributed by atoms with E-state index in [1.807, 2.05) is 6.07 Å². The first kappa shape index (κ1) is 23.6. The number of pyridine rings is 1. The van der Waals surface area contributed by atoms with Crippen LogP contribution >= 0.6 is 0 Å². The summed E-state index contributed by atoms with van der Waals surface area (Å²) in [6.07, 6.45) is 1.80. The molecule has 1 aromatic heterocycles. The first-order chi connectivity index (χ1) is 17.4. The Morgan fingerprint density at radius 3 is 2.75 bits per heavy atom. The van der Waals surface area contributed by atoms with Crippen LogP contribution in [0.25, 0.3) is 0 Å². The third-order valence-corrected chi connectivity index (χ3v) is 5.40. The van der Waals surface area contributed by atoms with E-state index in [-0.39, 0.29) is 41.1 Å². The summed E-state index contributed by atoms with van der Waals surface area (Å²) in [7, 11) is 1.50. The summed E-state index contributed by atoms with van der Waals surface area (Å²) in [5.74, 6) is 1.14. The lowest BCUT2D eigenvalue weighted by atomic mass is 9.94. The lowest BCUT2D eigenvalue weighted by molar-refractivity contribution is -0.384. The molecule has 0 aliphatic carbocycles. The number of nitriles is 2. The quantitative estimate of drug-likeness (QED) is 0.172. The van der Waals surface area contributed by atoms with Crippen molar-refractivity contribution in [3.05, 3.63) is 74.8 Å². The molecule has 13 heteroatoms. The Hall–Kier alpha value is -5.56. The van der Waals surface area contributed by atoms with Gasteiger partial charge in [-0.15, -0.1) is 0 Å². The Kier molecular flexibility index (Phi) is 6.38. The molecule has 2 heterocycles. The van der Waals surface area contributed by atoms with E-state index in [0.29, 0.717) is 28.2 Å². The van der Waals surface area contributed by atoms with Crippen molar-refractivity contribution in [2.24, 2.45) is 4.99 Å². The molecule has 0 bridgehead atoms. The first-order valence-corrected chi connectivity index (χ1v) is 10.4. The number of non-ortho nitro benzene ring substituents is 1. The summed E-state index contributed by atoms with van der Waals surface area (Å²) in [5, 5.41) is 35.0. The second kappa shape index (κ2) is 9.74. The monoisotopic (exact) mass is 485 g/mol. The normalized spacial score (nSPS) is 13.8. The van der Waals surface area contributed by atoms with Crippen LogP contribution in [-0.4, -0.2) is 23.0 Å². The van der Waals surface area contributed by atoms with Crippen LogP contribution in [0.3, 0.4) is 0 Å². The number of aliphatic imine (C=N–C) groups is 1. The number of nitro benzene ring substituents is 1. The maximum Gasteiger partial charge on any atom is 0.273 e. The van der Waals surface area contributed by atoms with Crippen LogP contribution in [0.4, 0.5) is 23.0 Å². The molecule has 1 unspecified atom stereocenters. The standard InChI is InChI=1S/C23H19N9O4/c1-35-17-6-5-12(7-13(17)10-36-15-4-2-3-14(8-15)32(33)34)20-18-19(26)16(9-24)21(27)30-22(18)31-23(29-20)28-11-25/h2-8,20H,10H2,1H3,(H6,26,27,28,29,30,31). The van der Waals surface area contributed by atoms with Gasteiger partial charge in [0.25, 0.3) is 5.69 Å². The van der Waals surface area contributed by atoms with Crippen LogP contribution in [0.5, 0.6) is 11.5 Å². The molecular formula is C23H19N9O4. The van der Waals surface area contributed by atoms with Gasteiger partial charge in [0.05, 0.1) is 23.8 Å². The molecule has 180 valence electrons. The van der Waals surface area contributed by atoms with Crippen molar-refractivity contribution in [2.45, 2.75) is 12.6 Å². The molecule has 2 aromatic carbocycles. The predicted molar refractivity (Wildman–Crippen MR) is 130 cm³/mol. The van der Waals surface area contributed by atoms with Gasteiger partial charge in [0.15, 0.2) is 6.19 Å². The number of nitro groups is 1. The summed E-state index contributed by atoms with van der Waals surface area (Å²) in [6, 6.07) is 12.3. The number of anilines is 3. The van der Waals surface area contributed by atoms with Crippen LogP contribution in [0.15, 0.2) is 47.5 Å². The van der Waals surface area contributed by atoms with Gasteiger partial charge in [-0.05, 0) is 23.8 Å². The first-order valence-electron chi connectivity index (χ1n) is 10.4. The number of fused-ring (bicyclic) bond motifs is 1. The van der Waals surface area contributed by atoms with Gasteiger partial charge < -0.3 is 26.3 Å². The lowest BCUT2D eigenvalue weighted by Gasteiger charge is -2.26. The third kappa shape index (κ3) is 4.44. The molecule has 4 rings (SSSR count). The van der Waals surface area contributed by atoms with Crippen LogP contribution < -0.4 is 31.6 Å². The van der Waals surface area contributed by atoms with Gasteiger partial charge in [0, 0.05) is 17.2 Å². The minimum absolute atomic E-state index is 0.0233. The molecule has 1 aliphatic rings. The van der Waals surface area contributed by atoms with E-state index in [2.05, 4.69) is 20.6 Å². The van der Waals surface area contributed by atoms with Crippen LogP contribution in [-0.2, 0) is 6.61 Å². The summed E-state index contributed by atoms with van der Waals surface area (Å²) in [5.41, 5.74) is 13.9. The predicted octanol–water partition coefficient (Wildman–Crippen LogP) is 2.56. The molecule has 36 heavy (non-hydrogen) atoms. The number of guanidine groups is 1. The molecule has 0 amide bonds. The number of nitrogen functional groups attached to an aromatic ring is 2. The number of benzene rings is 2. The van der Waals surface area contributed by atoms with Crippen molar-refractivity contribution in [2.75, 3.05) is 23.9 Å². The van der Waals surface area contributed by atoms with Crippen LogP contribution in [0.1, 0.15) is 28.3 Å². The van der Waals surface area contributed by atoms with Gasteiger partial charge in [0.2, 0.25) is 5.96 Å². The average Bonchev–Trinajstić information content (AvgIpc) is 2.87. The maximum atomic E-state index is 11.1. The van der Waals surface area contributed by atoms with E-state index >= 15 is 0 Å². The van der Waals surface area contributed by atoms with Crippen molar-refractivity contribution in [1.29, 1.82) is 10.5 Å². The number of methoxy groups -OCH3 is 1. The largest absolute Gasteiger partial charge is 0.496 e. The SMILES string of the molecule is COc1ccc(C2N=C(NC#N)Nc3nc(N)c(C#N)c(N)c32)cc1COc1cccc([N+](=O)[O-])c1. The number of ether oxygens (including phenoxy) is 2. The Balaban J connectivity index is 1.75. The van der Waals surface area contributed by atoms with Crippen molar-refractivity contribution >= 4 is 29.0 Å². The van der Waals surface area contributed by atoms with E-state index in [1.165, 1.54) is 25.3 Å². The van der Waals surface area contributed by atoms with Gasteiger partial charge in [-0.25, -0.2) is 9.98 Å². The molecular weight excluding hydrogens is 466 g/mol. The number of rotatable bonds is 6. The number of aromatic nitrogens is 1. The van der Waals surface area contributed by atoms with E-state index in [0.717, 1.165) is 0 Å². The molecule has 0 radical (unpaired) electrons. The summed E-state index contributed by atoms with van der Waals surface area (Å²) in [4.78, 5) is 19.3. The molecule has 1 aliphatic heterocycles. The highest BCUT2D eigenvalue weighted by atomic mass is 16.6. The smallest absolute Gasteiger partial charge is 0.273 e. The van der Waals surface area contributed by atoms with Gasteiger partial charge in [0.1, 0.15) is 47.4 Å². The number of hydrogen-bond donors (Lipinski definition) is 4. The van der Waals surface area contributed by atoms with Gasteiger partial charge >= 0.3 is 0 Å². The second-order valence-corrected chi connectivity index (χ2v) is 7.52. The topological polar surface area (TPSA) is 211 Å². The average molecular weight is 485 g/mol. The number of nitrogens with two attached hydrogens (primary N) is 2. The van der Waals surface area contributed by atoms with Gasteiger partial charge in [-0.2, -0.15) is 10.5 Å². The van der Waals surface area contributed by atoms with Crippen molar-refractivity contribution in [1.82, 2.24) is 10.3 Å². The minimum atomic E-state index is -0.750. The van der Waals surface area contributed by atoms with Crippen LogP contribution in [0, 0.1) is 32.9 Å². The Bertz CT molecular complexity index is 1470. The van der Waals surface area contributed by atoms with Crippen molar-refractivity contribution in [3.63, 3.8) is 0 Å². The Morgan fingerprint density at radius 2 is 2.06 bits per heavy atom. The van der Waals surface area contributed by atoms with Gasteiger partial charge in [-0.1, -0.05) is 12.1 Å². The van der Waals surface area contributed by atoms with E-state index < -0.39 is 11.0 Å². The molecule has 0 saturated carbocycles. The van der Waals surface area contributed by atoms with Crippen molar-refractivity contribution in [3.8, 4) is 23.8 Å². The lowest BCUT2D eigenvalue weighted by Crippen LogP contribution is -2.32. The zero-order valence-electron chi connectivity index (χ0n) is 18.8. The number of nitrogens with zero attached hydrogens (tertiary/aromatic N) is 5. The van der Waals surface area contributed by atoms with E-state index in [9.17, 15) is 15.4 Å². The second-order valence-electron chi connectivity index (χ2n) is 7.52. The highest BCUT2D eigenvalue weighted by molar-refractivity contribution is 5.98. The number of nitrogens with one attached hydrogen (secondary N) is 2. The molecule has 0 spiro atoms. The third-order valence-electron chi connectivity index (χ3n) is 5.40. The minimum Gasteiger partial charge on any atom is -0.496 e. The molecule has 13 nitrogen and oxygen atoms in total. The molecule has 0 fully saturated rings. The Labute approximate surface area is 204 Å². The van der Waals surface area contributed by atoms with Crippen molar-refractivity contribution < 1.29 is 14.4 Å². The molecule has 6 N–H and O–H groups in total. The summed E-state index contributed by atoms with van der Waals surface area (Å²) < 4.78 is 11.2. The molecule has 3 aromatic rings. The highest BCUT2D eigenvalue weighted by Gasteiger charge is 2.30. The zero-order valence-corrected chi connectivity index (χ0v) is 18.8. The number of hydrogen-bond acceptors (Lipinski definition) is 12. The van der Waals surface area contributed by atoms with E-state index in [1.54, 1.807) is 30.5 Å². The van der Waals surface area contributed by atoms with Crippen LogP contribution in [0.2, 0.25) is 0 Å². The zero-order chi connectivity index (χ0) is 25.8. The van der Waals surface area contributed by atoms with Gasteiger partial charge in [-0.3, -0.25) is 15.4 Å². The summed E-state index contributed by atoms with van der Waals surface area (Å²) >= 11 is 0. The highest BCUT2D eigenvalue weighted by Crippen LogP contribution is 2.41. The fourth-order valence-electron chi connectivity index (χ4n) is 3.75.